The standard InChI is InChI=1S/C25H22N6O3/c1-15-21-22(29-28-15)18-12-26-25(27-23(18)31(24(21)32)16-8-4-3-5-9-16)30(2)13-17-14-33-19-10-6-7-11-20(19)34-17/h3-12,17H,13-14H2,1-2H3,(H,28,29). The number of hydrogen-bond donors (Lipinski definition) is 1. The Bertz CT molecular complexity index is 1580. The second kappa shape index (κ2) is 7.87. The van der Waals surface area contributed by atoms with E-state index in [1.165, 1.54) is 0 Å². The summed E-state index contributed by atoms with van der Waals surface area (Å²) in [5.41, 5.74) is 2.35. The fourth-order valence-electron chi connectivity index (χ4n) is 4.35. The van der Waals surface area contributed by atoms with E-state index in [4.69, 9.17) is 14.5 Å². The summed E-state index contributed by atoms with van der Waals surface area (Å²) < 4.78 is 13.6. The molecule has 9 nitrogen and oxygen atoms in total. The number of aromatic amines is 1. The normalized spacial score (nSPS) is 15.1. The molecule has 5 aromatic rings. The molecule has 0 saturated carbocycles. The van der Waals surface area contributed by atoms with Gasteiger partial charge in [0, 0.05) is 13.2 Å². The monoisotopic (exact) mass is 454 g/mol. The van der Waals surface area contributed by atoms with Crippen molar-refractivity contribution in [3.63, 3.8) is 0 Å². The van der Waals surface area contributed by atoms with Crippen LogP contribution in [0.1, 0.15) is 5.69 Å². The Morgan fingerprint density at radius 2 is 1.88 bits per heavy atom. The molecule has 0 amide bonds. The summed E-state index contributed by atoms with van der Waals surface area (Å²) in [7, 11) is 1.90. The van der Waals surface area contributed by atoms with Crippen LogP contribution in [-0.4, -0.2) is 51.0 Å². The molecule has 0 aliphatic carbocycles. The van der Waals surface area contributed by atoms with Crippen LogP contribution in [0.25, 0.3) is 27.6 Å². The van der Waals surface area contributed by atoms with E-state index >= 15 is 0 Å². The fraction of sp³-hybridized carbons (Fsp3) is 0.200. The van der Waals surface area contributed by atoms with E-state index in [1.807, 2.05) is 73.5 Å². The molecule has 34 heavy (non-hydrogen) atoms. The van der Waals surface area contributed by atoms with Crippen molar-refractivity contribution in [2.75, 3.05) is 25.1 Å². The molecule has 6 rings (SSSR count). The summed E-state index contributed by atoms with van der Waals surface area (Å²) in [6, 6.07) is 17.1. The minimum atomic E-state index is -0.187. The van der Waals surface area contributed by atoms with Gasteiger partial charge in [-0.1, -0.05) is 30.3 Å². The molecule has 2 aromatic carbocycles. The number of pyridine rings is 1. The summed E-state index contributed by atoms with van der Waals surface area (Å²) in [5, 5.41) is 8.50. The number of aromatic nitrogens is 5. The van der Waals surface area contributed by atoms with Gasteiger partial charge in [-0.3, -0.25) is 14.5 Å². The predicted octanol–water partition coefficient (Wildman–Crippen LogP) is 3.24. The van der Waals surface area contributed by atoms with Gasteiger partial charge >= 0.3 is 0 Å². The van der Waals surface area contributed by atoms with E-state index in [9.17, 15) is 4.79 Å². The lowest BCUT2D eigenvalue weighted by Crippen LogP contribution is -2.40. The van der Waals surface area contributed by atoms with Gasteiger partial charge < -0.3 is 14.4 Å². The molecule has 0 bridgehead atoms. The molecule has 1 aliphatic rings. The van der Waals surface area contributed by atoms with Crippen LogP contribution in [0.4, 0.5) is 5.95 Å². The van der Waals surface area contributed by atoms with E-state index in [0.29, 0.717) is 41.3 Å². The second-order valence-electron chi connectivity index (χ2n) is 8.32. The van der Waals surface area contributed by atoms with Crippen molar-refractivity contribution < 1.29 is 9.47 Å². The molecule has 1 aliphatic heterocycles. The van der Waals surface area contributed by atoms with Gasteiger partial charge in [-0.15, -0.1) is 0 Å². The Hall–Kier alpha value is -4.40. The number of likely N-dealkylation sites (N-methyl/N-ethyl adjacent to an activating group) is 1. The first-order valence-corrected chi connectivity index (χ1v) is 11.0. The lowest BCUT2D eigenvalue weighted by Gasteiger charge is -2.29. The van der Waals surface area contributed by atoms with Crippen LogP contribution in [-0.2, 0) is 0 Å². The number of benzene rings is 2. The van der Waals surface area contributed by atoms with Gasteiger partial charge in [-0.25, -0.2) is 4.98 Å². The highest BCUT2D eigenvalue weighted by atomic mass is 16.6. The molecule has 0 fully saturated rings. The van der Waals surface area contributed by atoms with Gasteiger partial charge in [0.25, 0.3) is 5.56 Å². The molecular formula is C25H22N6O3. The van der Waals surface area contributed by atoms with E-state index in [0.717, 1.165) is 22.6 Å². The molecular weight excluding hydrogens is 432 g/mol. The highest BCUT2D eigenvalue weighted by Gasteiger charge is 2.24. The van der Waals surface area contributed by atoms with Crippen molar-refractivity contribution in [2.45, 2.75) is 13.0 Å². The Morgan fingerprint density at radius 3 is 2.71 bits per heavy atom. The molecule has 1 atom stereocenters. The van der Waals surface area contributed by atoms with Crippen molar-refractivity contribution in [1.82, 2.24) is 24.7 Å². The first-order chi connectivity index (χ1) is 16.6. The van der Waals surface area contributed by atoms with Crippen molar-refractivity contribution in [3.05, 3.63) is 76.8 Å². The van der Waals surface area contributed by atoms with Gasteiger partial charge in [-0.05, 0) is 31.2 Å². The first-order valence-electron chi connectivity index (χ1n) is 11.0. The van der Waals surface area contributed by atoms with E-state index in [-0.39, 0.29) is 11.7 Å². The van der Waals surface area contributed by atoms with Crippen LogP contribution in [0.5, 0.6) is 11.5 Å². The maximum absolute atomic E-state index is 13.5. The van der Waals surface area contributed by atoms with Crippen LogP contribution >= 0.6 is 0 Å². The SMILES string of the molecule is Cc1n[nH]c2c1c(=O)n(-c1ccccc1)c1nc(N(C)CC3COc4ccccc4O3)ncc21. The number of nitrogens with one attached hydrogen (secondary N) is 1. The Kier molecular flexibility index (Phi) is 4.68. The van der Waals surface area contributed by atoms with Crippen LogP contribution in [0.15, 0.2) is 65.6 Å². The van der Waals surface area contributed by atoms with Crippen molar-refractivity contribution in [3.8, 4) is 17.2 Å². The first kappa shape index (κ1) is 20.2. The number of H-pyrrole nitrogens is 1. The summed E-state index contributed by atoms with van der Waals surface area (Å²) >= 11 is 0. The minimum Gasteiger partial charge on any atom is -0.486 e. The topological polar surface area (TPSA) is 98.2 Å². The number of fused-ring (bicyclic) bond motifs is 4. The quantitative estimate of drug-likeness (QED) is 0.445. The maximum Gasteiger partial charge on any atom is 0.268 e. The third-order valence-corrected chi connectivity index (χ3v) is 6.00. The molecule has 9 heteroatoms. The highest BCUT2D eigenvalue weighted by Crippen LogP contribution is 2.31. The van der Waals surface area contributed by atoms with Gasteiger partial charge in [0.05, 0.1) is 34.2 Å². The molecule has 170 valence electrons. The smallest absolute Gasteiger partial charge is 0.268 e. The molecule has 0 saturated heterocycles. The van der Waals surface area contributed by atoms with Crippen LogP contribution < -0.4 is 19.9 Å². The molecule has 3 aromatic heterocycles. The zero-order chi connectivity index (χ0) is 23.2. The predicted molar refractivity (Wildman–Crippen MR) is 129 cm³/mol. The maximum atomic E-state index is 13.5. The van der Waals surface area contributed by atoms with Crippen molar-refractivity contribution in [1.29, 1.82) is 0 Å². The van der Waals surface area contributed by atoms with Crippen LogP contribution in [0.3, 0.4) is 0 Å². The third kappa shape index (κ3) is 3.24. The molecule has 0 spiro atoms. The fourth-order valence-corrected chi connectivity index (χ4v) is 4.35. The Morgan fingerprint density at radius 1 is 1.12 bits per heavy atom. The molecule has 1 N–H and O–H groups in total. The second-order valence-corrected chi connectivity index (χ2v) is 8.32. The number of anilines is 1. The average molecular weight is 454 g/mol. The van der Waals surface area contributed by atoms with E-state index < -0.39 is 0 Å². The van der Waals surface area contributed by atoms with Gasteiger partial charge in [0.2, 0.25) is 5.95 Å². The molecule has 1 unspecified atom stereocenters. The van der Waals surface area contributed by atoms with Crippen LogP contribution in [0, 0.1) is 6.92 Å². The van der Waals surface area contributed by atoms with Crippen molar-refractivity contribution in [2.24, 2.45) is 0 Å². The van der Waals surface area contributed by atoms with E-state index in [2.05, 4.69) is 15.2 Å². The number of para-hydroxylation sites is 3. The van der Waals surface area contributed by atoms with Crippen molar-refractivity contribution >= 4 is 27.9 Å². The summed E-state index contributed by atoms with van der Waals surface area (Å²) in [4.78, 5) is 24.8. The molecule has 0 radical (unpaired) electrons. The van der Waals surface area contributed by atoms with Gasteiger partial charge in [0.1, 0.15) is 6.61 Å². The van der Waals surface area contributed by atoms with E-state index in [1.54, 1.807) is 10.8 Å². The molecule has 4 heterocycles. The zero-order valence-electron chi connectivity index (χ0n) is 18.7. The number of hydrogen-bond acceptors (Lipinski definition) is 7. The minimum absolute atomic E-state index is 0.173. The average Bonchev–Trinajstić information content (AvgIpc) is 3.26. The lowest BCUT2D eigenvalue weighted by molar-refractivity contribution is 0.0958. The number of rotatable bonds is 4. The van der Waals surface area contributed by atoms with Gasteiger partial charge in [-0.2, -0.15) is 10.1 Å². The summed E-state index contributed by atoms with van der Waals surface area (Å²) in [6.07, 6.45) is 1.55. The van der Waals surface area contributed by atoms with Crippen LogP contribution in [0.2, 0.25) is 0 Å². The highest BCUT2D eigenvalue weighted by molar-refractivity contribution is 6.03. The Labute approximate surface area is 194 Å². The zero-order valence-corrected chi connectivity index (χ0v) is 18.7. The van der Waals surface area contributed by atoms with Gasteiger partial charge in [0.15, 0.2) is 23.3 Å². The number of aryl methyl sites for hydroxylation is 1. The number of ether oxygens (including phenoxy) is 2. The summed E-state index contributed by atoms with van der Waals surface area (Å²) in [5.74, 6) is 1.95. The largest absolute Gasteiger partial charge is 0.486 e. The lowest BCUT2D eigenvalue weighted by atomic mass is 10.2. The third-order valence-electron chi connectivity index (χ3n) is 6.00. The summed E-state index contributed by atoms with van der Waals surface area (Å²) in [6.45, 7) is 2.76. The Balaban J connectivity index is 1.42. The number of nitrogens with zero attached hydrogens (tertiary/aromatic N) is 5.